The number of amides is 1. The maximum atomic E-state index is 12.2. The molecule has 7 nitrogen and oxygen atoms in total. The molecule has 0 aliphatic carbocycles. The van der Waals surface area contributed by atoms with Crippen molar-refractivity contribution < 1.29 is 10.0 Å². The van der Waals surface area contributed by atoms with Crippen LogP contribution in [0.25, 0.3) is 11.4 Å². The van der Waals surface area contributed by atoms with Gasteiger partial charge in [0.05, 0.1) is 6.04 Å². The molecule has 1 amide bonds. The smallest absolute Gasteiger partial charge is 0.251 e. The molecule has 2 heterocycles. The Balaban J connectivity index is 1.79. The fourth-order valence-electron chi connectivity index (χ4n) is 2.14. The van der Waals surface area contributed by atoms with E-state index in [1.165, 1.54) is 0 Å². The van der Waals surface area contributed by atoms with Gasteiger partial charge in [-0.3, -0.25) is 9.78 Å². The van der Waals surface area contributed by atoms with Gasteiger partial charge in [0, 0.05) is 23.5 Å². The highest BCUT2D eigenvalue weighted by Crippen LogP contribution is 2.17. The van der Waals surface area contributed by atoms with Crippen LogP contribution >= 0.6 is 0 Å². The van der Waals surface area contributed by atoms with Crippen molar-refractivity contribution in [1.29, 1.82) is 0 Å². The zero-order chi connectivity index (χ0) is 16.2. The molecule has 1 atom stereocenters. The molecular weight excluding hydrogens is 294 g/mol. The number of nitrogens with one attached hydrogen (secondary N) is 1. The average molecular weight is 309 g/mol. The number of pyridine rings is 1. The van der Waals surface area contributed by atoms with Gasteiger partial charge in [-0.2, -0.15) is 0 Å². The van der Waals surface area contributed by atoms with Gasteiger partial charge >= 0.3 is 0 Å². The number of rotatable bonds is 4. The van der Waals surface area contributed by atoms with Crippen molar-refractivity contribution in [1.82, 2.24) is 25.2 Å². The highest BCUT2D eigenvalue weighted by atomic mass is 16.5. The molecule has 0 fully saturated rings. The van der Waals surface area contributed by atoms with Crippen molar-refractivity contribution in [2.75, 3.05) is 0 Å². The van der Waals surface area contributed by atoms with E-state index in [-0.39, 0.29) is 11.7 Å². The lowest BCUT2D eigenvalue weighted by Gasteiger charge is -2.11. The van der Waals surface area contributed by atoms with Crippen LogP contribution in [0.3, 0.4) is 0 Å². The van der Waals surface area contributed by atoms with E-state index in [1.54, 1.807) is 55.7 Å². The first-order valence-corrected chi connectivity index (χ1v) is 7.07. The molecule has 1 unspecified atom stereocenters. The Morgan fingerprint density at radius 3 is 2.57 bits per heavy atom. The van der Waals surface area contributed by atoms with E-state index in [9.17, 15) is 10.0 Å². The summed E-state index contributed by atoms with van der Waals surface area (Å²) in [4.78, 5) is 21.1. The quantitative estimate of drug-likeness (QED) is 0.720. The normalized spacial score (nSPS) is 11.9. The summed E-state index contributed by atoms with van der Waals surface area (Å²) in [5.74, 6) is 0.373. The van der Waals surface area contributed by atoms with E-state index in [4.69, 9.17) is 0 Å². The fraction of sp³-hybridized carbons (Fsp3) is 0.125. The van der Waals surface area contributed by atoms with Crippen molar-refractivity contribution >= 4 is 5.91 Å². The second-order valence-electron chi connectivity index (χ2n) is 4.98. The van der Waals surface area contributed by atoms with Crippen molar-refractivity contribution in [3.8, 4) is 11.4 Å². The molecule has 0 spiro atoms. The van der Waals surface area contributed by atoms with Crippen molar-refractivity contribution in [3.05, 3.63) is 66.2 Å². The third kappa shape index (κ3) is 3.18. The number of aromatic nitrogens is 4. The highest BCUT2D eigenvalue weighted by molar-refractivity contribution is 5.94. The van der Waals surface area contributed by atoms with Crippen LogP contribution in [0.2, 0.25) is 0 Å². The van der Waals surface area contributed by atoms with Gasteiger partial charge < -0.3 is 10.5 Å². The van der Waals surface area contributed by atoms with Gasteiger partial charge in [0.25, 0.3) is 5.91 Å². The summed E-state index contributed by atoms with van der Waals surface area (Å²) in [5.41, 5.74) is 1.27. The Labute approximate surface area is 132 Å². The topological polar surface area (TPSA) is 92.9 Å². The molecule has 116 valence electrons. The Morgan fingerprint density at radius 2 is 1.87 bits per heavy atom. The van der Waals surface area contributed by atoms with Crippen LogP contribution in [0.1, 0.15) is 29.1 Å². The highest BCUT2D eigenvalue weighted by Gasteiger charge is 2.19. The first-order valence-electron chi connectivity index (χ1n) is 7.07. The van der Waals surface area contributed by atoms with Gasteiger partial charge in [0.1, 0.15) is 0 Å². The van der Waals surface area contributed by atoms with E-state index in [1.807, 2.05) is 6.07 Å². The monoisotopic (exact) mass is 309 g/mol. The maximum absolute atomic E-state index is 12.2. The average Bonchev–Trinajstić information content (AvgIpc) is 2.98. The van der Waals surface area contributed by atoms with E-state index in [0.717, 1.165) is 5.56 Å². The summed E-state index contributed by atoms with van der Waals surface area (Å²) in [6.45, 7) is 1.73. The molecule has 3 aromatic rings. The molecule has 0 saturated heterocycles. The van der Waals surface area contributed by atoms with Gasteiger partial charge in [-0.25, -0.2) is 4.98 Å². The minimum atomic E-state index is -0.504. The van der Waals surface area contributed by atoms with Crippen LogP contribution in [-0.2, 0) is 0 Å². The van der Waals surface area contributed by atoms with Crippen LogP contribution in [0, 0.1) is 0 Å². The molecule has 3 rings (SSSR count). The summed E-state index contributed by atoms with van der Waals surface area (Å²) in [7, 11) is 0. The van der Waals surface area contributed by atoms with E-state index >= 15 is 0 Å². The van der Waals surface area contributed by atoms with Crippen LogP contribution in [0.4, 0.5) is 0 Å². The first-order chi connectivity index (χ1) is 11.1. The van der Waals surface area contributed by atoms with Crippen LogP contribution < -0.4 is 5.32 Å². The second-order valence-corrected chi connectivity index (χ2v) is 4.98. The summed E-state index contributed by atoms with van der Waals surface area (Å²) in [5, 5.41) is 16.7. The van der Waals surface area contributed by atoms with Crippen LogP contribution in [0.5, 0.6) is 0 Å². The molecule has 2 N–H and O–H groups in total. The summed E-state index contributed by atoms with van der Waals surface area (Å²) < 4.78 is 0. The van der Waals surface area contributed by atoms with E-state index in [0.29, 0.717) is 16.2 Å². The Bertz CT molecular complexity index is 802. The predicted molar refractivity (Wildman–Crippen MR) is 82.8 cm³/mol. The van der Waals surface area contributed by atoms with Crippen molar-refractivity contribution in [2.24, 2.45) is 0 Å². The molecule has 0 radical (unpaired) electrons. The minimum absolute atomic E-state index is 0.244. The third-order valence-corrected chi connectivity index (χ3v) is 3.32. The van der Waals surface area contributed by atoms with Crippen LogP contribution in [-0.4, -0.2) is 31.0 Å². The lowest BCUT2D eigenvalue weighted by Crippen LogP contribution is -2.28. The van der Waals surface area contributed by atoms with Crippen LogP contribution in [0.15, 0.2) is 54.9 Å². The molecule has 7 heteroatoms. The van der Waals surface area contributed by atoms with Gasteiger partial charge in [-0.05, 0) is 31.2 Å². The number of hydrogen-bond donors (Lipinski definition) is 2. The SMILES string of the molecule is CC(NC(=O)c1ccccc1)c1nc(-c2ccncc2)nn1O. The molecule has 2 aromatic heterocycles. The molecular formula is C16H15N5O2. The summed E-state index contributed by atoms with van der Waals surface area (Å²) in [6.07, 6.45) is 3.24. The lowest BCUT2D eigenvalue weighted by atomic mass is 10.2. The second kappa shape index (κ2) is 6.27. The summed E-state index contributed by atoms with van der Waals surface area (Å²) in [6, 6.07) is 11.8. The van der Waals surface area contributed by atoms with Crippen molar-refractivity contribution in [2.45, 2.75) is 13.0 Å². The number of hydrogen-bond acceptors (Lipinski definition) is 5. The molecule has 0 aliphatic heterocycles. The van der Waals surface area contributed by atoms with Gasteiger partial charge in [-0.1, -0.05) is 23.0 Å². The van der Waals surface area contributed by atoms with E-state index in [2.05, 4.69) is 20.4 Å². The predicted octanol–water partition coefficient (Wildman–Crippen LogP) is 2.07. The zero-order valence-corrected chi connectivity index (χ0v) is 12.4. The Kier molecular flexibility index (Phi) is 4.01. The molecule has 1 aromatic carbocycles. The standard InChI is InChI=1S/C16H15N5O2/c1-11(18-16(22)13-5-3-2-4-6-13)15-19-14(20-21(15)23)12-7-9-17-10-8-12/h2-11,23H,1H3,(H,18,22). The number of carbonyl (C=O) groups excluding carboxylic acids is 1. The zero-order valence-electron chi connectivity index (χ0n) is 12.4. The Hall–Kier alpha value is -3.22. The third-order valence-electron chi connectivity index (χ3n) is 3.32. The van der Waals surface area contributed by atoms with Gasteiger partial charge in [0.15, 0.2) is 11.6 Å². The van der Waals surface area contributed by atoms with E-state index < -0.39 is 6.04 Å². The number of carbonyl (C=O) groups is 1. The van der Waals surface area contributed by atoms with Gasteiger partial charge in [-0.15, -0.1) is 5.10 Å². The number of nitrogens with zero attached hydrogens (tertiary/aromatic N) is 4. The largest absolute Gasteiger partial charge is 0.410 e. The van der Waals surface area contributed by atoms with Gasteiger partial charge in [0.2, 0.25) is 0 Å². The molecule has 23 heavy (non-hydrogen) atoms. The molecule has 0 aliphatic rings. The first kappa shape index (κ1) is 14.7. The Morgan fingerprint density at radius 1 is 1.17 bits per heavy atom. The molecule has 0 bridgehead atoms. The number of benzene rings is 1. The minimum Gasteiger partial charge on any atom is -0.410 e. The molecule has 0 saturated carbocycles. The fourth-order valence-corrected chi connectivity index (χ4v) is 2.14. The maximum Gasteiger partial charge on any atom is 0.251 e. The van der Waals surface area contributed by atoms with Crippen molar-refractivity contribution in [3.63, 3.8) is 0 Å². The lowest BCUT2D eigenvalue weighted by molar-refractivity contribution is 0.0922. The summed E-state index contributed by atoms with van der Waals surface area (Å²) >= 11 is 0.